The van der Waals surface area contributed by atoms with Gasteiger partial charge in [-0.1, -0.05) is 61.3 Å². The normalized spacial score (nSPS) is 13.5. The van der Waals surface area contributed by atoms with Crippen molar-refractivity contribution in [1.82, 2.24) is 31.9 Å². The molecule has 3 atom stereocenters. The molecular formula is C39H76N8O6. The van der Waals surface area contributed by atoms with Crippen LogP contribution in [0.4, 0.5) is 0 Å². The fourth-order valence-electron chi connectivity index (χ4n) is 6.30. The summed E-state index contributed by atoms with van der Waals surface area (Å²) in [5, 5.41) is 18.1. The van der Waals surface area contributed by atoms with Gasteiger partial charge in [0.2, 0.25) is 17.7 Å². The first kappa shape index (κ1) is 50.2. The lowest BCUT2D eigenvalue weighted by molar-refractivity contribution is -0.139. The molecule has 0 aliphatic carbocycles. The average Bonchev–Trinajstić information content (AvgIpc) is 3.11. The van der Waals surface area contributed by atoms with Crippen molar-refractivity contribution in [3.63, 3.8) is 0 Å². The molecular weight excluding hydrogens is 676 g/mol. The number of nitrogens with two attached hydrogens (primary N) is 2. The van der Waals surface area contributed by atoms with E-state index in [9.17, 15) is 28.8 Å². The summed E-state index contributed by atoms with van der Waals surface area (Å²) >= 11 is 0. The SMILES string of the molecule is CCCCNCC(=O)C(CC(=O)NCCNCCN)CC(C)(C)C(=O)CC(CC(C)(C)C(=O)C(CC)CC(=O)NCCCC)C(=O)NCCNCCN. The van der Waals surface area contributed by atoms with E-state index in [1.165, 1.54) is 0 Å². The average molecular weight is 753 g/mol. The molecule has 0 rings (SSSR count). The highest BCUT2D eigenvalue weighted by atomic mass is 16.2. The third-order valence-corrected chi connectivity index (χ3v) is 9.65. The van der Waals surface area contributed by atoms with Gasteiger partial charge in [-0.3, -0.25) is 28.8 Å². The number of Topliss-reactive ketones (excluding diaryl/α,β-unsaturated/α-hetero) is 3. The molecule has 14 heteroatoms. The lowest BCUT2D eigenvalue weighted by Gasteiger charge is -2.33. The van der Waals surface area contributed by atoms with Gasteiger partial charge in [0.25, 0.3) is 0 Å². The Balaban J connectivity index is 6.10. The first-order valence-electron chi connectivity index (χ1n) is 20.0. The van der Waals surface area contributed by atoms with E-state index in [2.05, 4.69) is 38.8 Å². The number of hydrogen-bond acceptors (Lipinski definition) is 11. The van der Waals surface area contributed by atoms with E-state index >= 15 is 0 Å². The molecule has 14 nitrogen and oxygen atoms in total. The minimum Gasteiger partial charge on any atom is -0.356 e. The fraction of sp³-hybridized carbons (Fsp3) is 0.846. The molecule has 0 spiro atoms. The van der Waals surface area contributed by atoms with Gasteiger partial charge >= 0.3 is 0 Å². The maximum Gasteiger partial charge on any atom is 0.223 e. The standard InChI is InChI=1S/C39H76N8O6/c1-8-11-15-44-28-32(48)30(25-35(51)46-21-19-42-17-13-40)26-38(4,5)33(49)23-31(37(53)47-22-20-43-18-14-41)27-39(6,7)36(52)29(10-3)24-34(50)45-16-12-9-2/h29-31,42-44H,8-28,40-41H2,1-7H3,(H,45,50)(H,46,51)(H,47,53). The predicted octanol–water partition coefficient (Wildman–Crippen LogP) is 1.59. The highest BCUT2D eigenvalue weighted by Gasteiger charge is 2.41. The molecule has 3 unspecified atom stereocenters. The molecule has 0 saturated heterocycles. The van der Waals surface area contributed by atoms with Gasteiger partial charge in [-0.25, -0.2) is 0 Å². The largest absolute Gasteiger partial charge is 0.356 e. The summed E-state index contributed by atoms with van der Waals surface area (Å²) in [7, 11) is 0. The third-order valence-electron chi connectivity index (χ3n) is 9.65. The van der Waals surface area contributed by atoms with Crippen LogP contribution in [0.3, 0.4) is 0 Å². The second-order valence-corrected chi connectivity index (χ2v) is 15.5. The van der Waals surface area contributed by atoms with Crippen molar-refractivity contribution in [2.24, 2.45) is 40.1 Å². The van der Waals surface area contributed by atoms with E-state index in [0.717, 1.165) is 25.7 Å². The Hall–Kier alpha value is -2.78. The summed E-state index contributed by atoms with van der Waals surface area (Å²) in [5.41, 5.74) is 9.02. The number of ketones is 3. The molecule has 3 amide bonds. The summed E-state index contributed by atoms with van der Waals surface area (Å²) in [6.45, 7) is 18.2. The molecule has 0 heterocycles. The zero-order valence-electron chi connectivity index (χ0n) is 34.2. The number of hydrogen-bond donors (Lipinski definition) is 8. The van der Waals surface area contributed by atoms with Crippen molar-refractivity contribution in [1.29, 1.82) is 0 Å². The number of rotatable bonds is 34. The van der Waals surface area contributed by atoms with Crippen LogP contribution in [0.2, 0.25) is 0 Å². The van der Waals surface area contributed by atoms with Crippen molar-refractivity contribution < 1.29 is 28.8 Å². The molecule has 0 aromatic rings. The molecule has 308 valence electrons. The number of nitrogens with one attached hydrogen (secondary N) is 6. The molecule has 0 fully saturated rings. The predicted molar refractivity (Wildman–Crippen MR) is 212 cm³/mol. The Morgan fingerprint density at radius 2 is 1.06 bits per heavy atom. The van der Waals surface area contributed by atoms with Gasteiger partial charge in [0.05, 0.1) is 6.54 Å². The van der Waals surface area contributed by atoms with Crippen LogP contribution in [-0.4, -0.2) is 107 Å². The fourth-order valence-corrected chi connectivity index (χ4v) is 6.30. The second kappa shape index (κ2) is 28.6. The van der Waals surface area contributed by atoms with Gasteiger partial charge in [-0.15, -0.1) is 0 Å². The quantitative estimate of drug-likeness (QED) is 0.0441. The van der Waals surface area contributed by atoms with Crippen molar-refractivity contribution in [2.45, 2.75) is 113 Å². The molecule has 0 aromatic heterocycles. The lowest BCUT2D eigenvalue weighted by Crippen LogP contribution is -2.43. The lowest BCUT2D eigenvalue weighted by atomic mass is 9.70. The van der Waals surface area contributed by atoms with Crippen molar-refractivity contribution in [3.8, 4) is 0 Å². The monoisotopic (exact) mass is 753 g/mol. The van der Waals surface area contributed by atoms with Gasteiger partial charge in [-0.05, 0) is 38.6 Å². The van der Waals surface area contributed by atoms with Gasteiger partial charge in [0.15, 0.2) is 0 Å². The Morgan fingerprint density at radius 1 is 0.547 bits per heavy atom. The van der Waals surface area contributed by atoms with Crippen LogP contribution in [0.25, 0.3) is 0 Å². The molecule has 53 heavy (non-hydrogen) atoms. The molecule has 0 aliphatic rings. The maximum atomic E-state index is 14.1. The Labute approximate surface area is 320 Å². The van der Waals surface area contributed by atoms with Gasteiger partial charge in [0.1, 0.15) is 17.3 Å². The molecule has 0 saturated carbocycles. The summed E-state index contributed by atoms with van der Waals surface area (Å²) in [5.74, 6) is -3.36. The van der Waals surface area contributed by atoms with Crippen molar-refractivity contribution in [3.05, 3.63) is 0 Å². The van der Waals surface area contributed by atoms with Crippen molar-refractivity contribution >= 4 is 35.1 Å². The van der Waals surface area contributed by atoms with E-state index in [0.29, 0.717) is 71.9 Å². The second-order valence-electron chi connectivity index (χ2n) is 15.5. The van der Waals surface area contributed by atoms with Crippen molar-refractivity contribution in [2.75, 3.05) is 72.0 Å². The van der Waals surface area contributed by atoms with Gasteiger partial charge < -0.3 is 43.4 Å². The Morgan fingerprint density at radius 3 is 1.60 bits per heavy atom. The Kier molecular flexibility index (Phi) is 27.1. The van der Waals surface area contributed by atoms with Crippen LogP contribution in [-0.2, 0) is 28.8 Å². The van der Waals surface area contributed by atoms with Crippen LogP contribution in [0, 0.1) is 28.6 Å². The van der Waals surface area contributed by atoms with E-state index in [1.807, 2.05) is 13.8 Å². The van der Waals surface area contributed by atoms with Crippen LogP contribution < -0.4 is 43.4 Å². The summed E-state index contributed by atoms with van der Waals surface area (Å²) in [6, 6.07) is 0. The minimum atomic E-state index is -1.05. The van der Waals surface area contributed by atoms with Crippen LogP contribution in [0.5, 0.6) is 0 Å². The summed E-state index contributed by atoms with van der Waals surface area (Å²) in [4.78, 5) is 80.8. The number of amides is 3. The first-order valence-corrected chi connectivity index (χ1v) is 20.0. The minimum absolute atomic E-state index is 0.0619. The topological polar surface area (TPSA) is 227 Å². The number of carbonyl (C=O) groups is 6. The van der Waals surface area contributed by atoms with Crippen LogP contribution >= 0.6 is 0 Å². The molecule has 0 aliphatic heterocycles. The summed E-state index contributed by atoms with van der Waals surface area (Å²) in [6.07, 6.45) is 4.26. The highest BCUT2D eigenvalue weighted by molar-refractivity contribution is 5.94. The highest BCUT2D eigenvalue weighted by Crippen LogP contribution is 2.36. The molecule has 0 aromatic carbocycles. The molecule has 10 N–H and O–H groups in total. The van der Waals surface area contributed by atoms with E-state index in [1.54, 1.807) is 27.7 Å². The van der Waals surface area contributed by atoms with Gasteiger partial charge in [-0.2, -0.15) is 0 Å². The van der Waals surface area contributed by atoms with Crippen LogP contribution in [0.15, 0.2) is 0 Å². The van der Waals surface area contributed by atoms with Crippen LogP contribution in [0.1, 0.15) is 113 Å². The molecule has 0 bridgehead atoms. The Bertz CT molecular complexity index is 1100. The zero-order valence-corrected chi connectivity index (χ0v) is 34.2. The first-order chi connectivity index (χ1) is 25.1. The van der Waals surface area contributed by atoms with Gasteiger partial charge in [0, 0.05) is 107 Å². The summed E-state index contributed by atoms with van der Waals surface area (Å²) < 4.78 is 0. The number of unbranched alkanes of at least 4 members (excludes halogenated alkanes) is 2. The number of carbonyl (C=O) groups excluding carboxylic acids is 6. The zero-order chi connectivity index (χ0) is 40.3. The smallest absolute Gasteiger partial charge is 0.223 e. The van der Waals surface area contributed by atoms with E-state index in [4.69, 9.17) is 11.5 Å². The third kappa shape index (κ3) is 22.3. The molecule has 0 radical (unpaired) electrons. The maximum absolute atomic E-state index is 14.1. The van der Waals surface area contributed by atoms with E-state index < -0.39 is 28.6 Å². The van der Waals surface area contributed by atoms with E-state index in [-0.39, 0.29) is 73.7 Å².